The number of fused-ring (bicyclic) bond motifs is 1. The predicted molar refractivity (Wildman–Crippen MR) is 110 cm³/mol. The van der Waals surface area contributed by atoms with Gasteiger partial charge in [0.05, 0.1) is 16.8 Å². The Morgan fingerprint density at radius 3 is 2.69 bits per heavy atom. The van der Waals surface area contributed by atoms with Crippen LogP contribution < -0.4 is 15.4 Å². The predicted octanol–water partition coefficient (Wildman–Crippen LogP) is 2.25. The summed E-state index contributed by atoms with van der Waals surface area (Å²) in [4.78, 5) is 27.8. The molecule has 10 heteroatoms. The molecule has 2 heterocycles. The molecule has 0 spiro atoms. The number of rotatable bonds is 5. The number of nitrogens with two attached hydrogens (primary N) is 1. The molecule has 0 unspecified atom stereocenters. The van der Waals surface area contributed by atoms with Crippen molar-refractivity contribution in [3.8, 4) is 0 Å². The quantitative estimate of drug-likeness (QED) is 0.645. The van der Waals surface area contributed by atoms with Crippen molar-refractivity contribution in [2.75, 3.05) is 16.2 Å². The lowest BCUT2D eigenvalue weighted by Gasteiger charge is -2.19. The molecule has 1 aliphatic rings. The summed E-state index contributed by atoms with van der Waals surface area (Å²) in [5, 5.41) is 2.75. The van der Waals surface area contributed by atoms with Gasteiger partial charge in [-0.05, 0) is 36.2 Å². The van der Waals surface area contributed by atoms with Crippen LogP contribution in [0.15, 0.2) is 59.6 Å². The highest BCUT2D eigenvalue weighted by Crippen LogP contribution is 2.32. The van der Waals surface area contributed by atoms with Crippen molar-refractivity contribution < 1.29 is 18.0 Å². The van der Waals surface area contributed by atoms with Crippen molar-refractivity contribution in [2.24, 2.45) is 5.73 Å². The minimum absolute atomic E-state index is 0.0267. The fraction of sp³-hybridized carbons (Fsp3) is 0.105. The monoisotopic (exact) mass is 428 g/mol. The van der Waals surface area contributed by atoms with Gasteiger partial charge in [-0.3, -0.25) is 19.2 Å². The maximum atomic E-state index is 13.1. The summed E-state index contributed by atoms with van der Waals surface area (Å²) in [5.74, 6) is -1.17. The first-order valence-corrected chi connectivity index (χ1v) is 10.9. The number of thiazole rings is 1. The molecular weight excluding hydrogens is 412 g/mol. The highest BCUT2D eigenvalue weighted by atomic mass is 32.2. The number of amides is 2. The molecule has 0 bridgehead atoms. The number of carbonyl (C=O) groups excluding carboxylic acids is 2. The minimum Gasteiger partial charge on any atom is -0.365 e. The van der Waals surface area contributed by atoms with Crippen LogP contribution in [0.5, 0.6) is 0 Å². The van der Waals surface area contributed by atoms with Crippen LogP contribution in [0.25, 0.3) is 0 Å². The van der Waals surface area contributed by atoms with Gasteiger partial charge < -0.3 is 5.73 Å². The number of hydrogen-bond donors (Lipinski definition) is 2. The second kappa shape index (κ2) is 7.30. The van der Waals surface area contributed by atoms with E-state index in [4.69, 9.17) is 5.73 Å². The number of carbonyl (C=O) groups is 2. The molecule has 29 heavy (non-hydrogen) atoms. The Bertz CT molecular complexity index is 1220. The fourth-order valence-corrected chi connectivity index (χ4v) is 5.31. The van der Waals surface area contributed by atoms with Crippen LogP contribution in [0, 0.1) is 0 Å². The molecule has 0 saturated carbocycles. The van der Waals surface area contributed by atoms with Crippen molar-refractivity contribution >= 4 is 44.0 Å². The number of nitrogens with zero attached hydrogens (tertiary/aromatic N) is 2. The largest absolute Gasteiger partial charge is 0.365 e. The van der Waals surface area contributed by atoms with Gasteiger partial charge in [0.2, 0.25) is 0 Å². The first-order chi connectivity index (χ1) is 13.9. The highest BCUT2D eigenvalue weighted by Gasteiger charge is 2.31. The lowest BCUT2D eigenvalue weighted by atomic mass is 10.2. The molecule has 3 aromatic rings. The zero-order valence-electron chi connectivity index (χ0n) is 15.0. The summed E-state index contributed by atoms with van der Waals surface area (Å²) >= 11 is 0.942. The van der Waals surface area contributed by atoms with Crippen molar-refractivity contribution in [3.63, 3.8) is 0 Å². The van der Waals surface area contributed by atoms with Gasteiger partial charge in [-0.25, -0.2) is 13.4 Å². The first-order valence-electron chi connectivity index (χ1n) is 8.64. The van der Waals surface area contributed by atoms with E-state index in [2.05, 4.69) is 10.3 Å². The first kappa shape index (κ1) is 19.1. The van der Waals surface area contributed by atoms with Gasteiger partial charge >= 0.3 is 0 Å². The summed E-state index contributed by atoms with van der Waals surface area (Å²) < 4.78 is 27.6. The summed E-state index contributed by atoms with van der Waals surface area (Å²) in [6.45, 7) is 0.354. The van der Waals surface area contributed by atoms with Crippen LogP contribution in [0.4, 0.5) is 10.8 Å². The van der Waals surface area contributed by atoms with Gasteiger partial charge in [0.1, 0.15) is 4.88 Å². The summed E-state index contributed by atoms with van der Waals surface area (Å²) in [6.07, 6.45) is 1.91. The average molecular weight is 428 g/mol. The van der Waals surface area contributed by atoms with E-state index in [-0.39, 0.29) is 20.5 Å². The molecule has 0 fully saturated rings. The number of benzene rings is 2. The molecular formula is C19H16N4O4S2. The Kier molecular flexibility index (Phi) is 4.81. The lowest BCUT2D eigenvalue weighted by Crippen LogP contribution is -2.29. The Labute approximate surface area is 171 Å². The second-order valence-corrected chi connectivity index (χ2v) is 9.22. The van der Waals surface area contributed by atoms with Crippen LogP contribution in [-0.4, -0.2) is 31.8 Å². The molecule has 0 atom stereocenters. The number of sulfonamides is 1. The molecule has 0 radical (unpaired) electrons. The molecule has 1 aliphatic heterocycles. The van der Waals surface area contributed by atoms with Gasteiger partial charge in [-0.15, -0.1) is 0 Å². The van der Waals surface area contributed by atoms with E-state index in [9.17, 15) is 18.0 Å². The van der Waals surface area contributed by atoms with Gasteiger partial charge in [-0.2, -0.15) is 0 Å². The van der Waals surface area contributed by atoms with Crippen LogP contribution in [-0.2, 0) is 16.4 Å². The Balaban J connectivity index is 1.60. The molecule has 2 aromatic carbocycles. The molecule has 4 rings (SSSR count). The third kappa shape index (κ3) is 3.59. The Morgan fingerprint density at radius 2 is 1.93 bits per heavy atom. The second-order valence-electron chi connectivity index (χ2n) is 6.33. The molecule has 148 valence electrons. The topological polar surface area (TPSA) is 122 Å². The normalized spacial score (nSPS) is 13.2. The van der Waals surface area contributed by atoms with E-state index in [0.717, 1.165) is 16.9 Å². The summed E-state index contributed by atoms with van der Waals surface area (Å²) in [5.41, 5.74) is 6.97. The van der Waals surface area contributed by atoms with Gasteiger partial charge in [0.25, 0.3) is 21.8 Å². The summed E-state index contributed by atoms with van der Waals surface area (Å²) in [7, 11) is -3.81. The SMILES string of the molecule is NC(=O)c1cnc(NC(=O)c2cccc(S(=O)(=O)N3CCc4ccccc43)c2)s1. The molecule has 3 N–H and O–H groups in total. The maximum absolute atomic E-state index is 13.1. The number of nitrogens with one attached hydrogen (secondary N) is 1. The van der Waals surface area contributed by atoms with Crippen molar-refractivity contribution in [1.82, 2.24) is 4.98 Å². The summed E-state index contributed by atoms with van der Waals surface area (Å²) in [6, 6.07) is 13.2. The standard InChI is InChI=1S/C19H16N4O4S2/c20-17(24)16-11-21-19(28-16)22-18(25)13-5-3-6-14(10-13)29(26,27)23-9-8-12-4-1-2-7-15(12)23/h1-7,10-11H,8-9H2,(H2,20,24)(H,21,22,25). The number of aromatic nitrogens is 1. The number of primary amides is 1. The zero-order valence-corrected chi connectivity index (χ0v) is 16.7. The van der Waals surface area contributed by atoms with E-state index in [1.54, 1.807) is 12.1 Å². The molecule has 1 aromatic heterocycles. The van der Waals surface area contributed by atoms with Crippen LogP contribution in [0.2, 0.25) is 0 Å². The molecule has 2 amide bonds. The third-order valence-electron chi connectivity index (χ3n) is 4.50. The lowest BCUT2D eigenvalue weighted by molar-refractivity contribution is 0.100. The molecule has 0 saturated heterocycles. The Morgan fingerprint density at radius 1 is 1.14 bits per heavy atom. The zero-order chi connectivity index (χ0) is 20.6. The van der Waals surface area contributed by atoms with E-state index in [1.807, 2.05) is 12.1 Å². The maximum Gasteiger partial charge on any atom is 0.264 e. The van der Waals surface area contributed by atoms with E-state index in [0.29, 0.717) is 18.7 Å². The fourth-order valence-electron chi connectivity index (χ4n) is 3.10. The van der Waals surface area contributed by atoms with Gasteiger partial charge in [0.15, 0.2) is 5.13 Å². The minimum atomic E-state index is -3.81. The third-order valence-corrected chi connectivity index (χ3v) is 7.23. The van der Waals surface area contributed by atoms with Crippen LogP contribution in [0.1, 0.15) is 25.6 Å². The highest BCUT2D eigenvalue weighted by molar-refractivity contribution is 7.92. The van der Waals surface area contributed by atoms with Crippen molar-refractivity contribution in [2.45, 2.75) is 11.3 Å². The smallest absolute Gasteiger partial charge is 0.264 e. The van der Waals surface area contributed by atoms with Crippen molar-refractivity contribution in [3.05, 3.63) is 70.7 Å². The van der Waals surface area contributed by atoms with E-state index >= 15 is 0 Å². The van der Waals surface area contributed by atoms with Crippen LogP contribution >= 0.6 is 11.3 Å². The van der Waals surface area contributed by atoms with Crippen LogP contribution in [0.3, 0.4) is 0 Å². The van der Waals surface area contributed by atoms with Gasteiger partial charge in [0, 0.05) is 12.1 Å². The number of anilines is 2. The van der Waals surface area contributed by atoms with E-state index < -0.39 is 21.8 Å². The van der Waals surface area contributed by atoms with E-state index in [1.165, 1.54) is 34.8 Å². The Hall–Kier alpha value is -3.24. The van der Waals surface area contributed by atoms with Gasteiger partial charge in [-0.1, -0.05) is 35.6 Å². The average Bonchev–Trinajstić information content (AvgIpc) is 3.35. The molecule has 0 aliphatic carbocycles. The van der Waals surface area contributed by atoms with Crippen molar-refractivity contribution in [1.29, 1.82) is 0 Å². The number of para-hydroxylation sites is 1. The molecule has 8 nitrogen and oxygen atoms in total. The number of hydrogen-bond acceptors (Lipinski definition) is 6.